The van der Waals surface area contributed by atoms with Gasteiger partial charge < -0.3 is 10.2 Å². The van der Waals surface area contributed by atoms with E-state index in [0.717, 1.165) is 0 Å². The highest BCUT2D eigenvalue weighted by atomic mass is 16.4. The summed E-state index contributed by atoms with van der Waals surface area (Å²) in [5.41, 5.74) is -0.320. The number of aromatic hydroxyl groups is 1. The molecule has 0 bridgehead atoms. The van der Waals surface area contributed by atoms with E-state index in [4.69, 9.17) is 0 Å². The number of nitrogens with zero attached hydrogens (tertiary/aromatic N) is 1. The Kier molecular flexibility index (Phi) is 3.84. The number of hydrogen-bond donors (Lipinski definition) is 2. The number of rotatable bonds is 4. The number of aliphatic imine (C=N–C) groups is 1. The lowest BCUT2D eigenvalue weighted by Gasteiger charge is -2.20. The van der Waals surface area contributed by atoms with Gasteiger partial charge >= 0.3 is 5.97 Å². The van der Waals surface area contributed by atoms with Gasteiger partial charge in [0.1, 0.15) is 5.75 Å². The van der Waals surface area contributed by atoms with Gasteiger partial charge in [0.25, 0.3) is 0 Å². The molecule has 1 atom stereocenters. The highest BCUT2D eigenvalue weighted by Gasteiger charge is 2.34. The lowest BCUT2D eigenvalue weighted by molar-refractivity contribution is -0.142. The van der Waals surface area contributed by atoms with Gasteiger partial charge in [-0.15, -0.1) is 0 Å². The molecule has 0 fully saturated rings. The molecule has 0 saturated carbocycles. The van der Waals surface area contributed by atoms with E-state index in [1.807, 2.05) is 6.07 Å². The Hall–Kier alpha value is -2.62. The Bertz CT molecular complexity index is 637. The van der Waals surface area contributed by atoms with E-state index >= 15 is 0 Å². The van der Waals surface area contributed by atoms with Crippen LogP contribution in [0.3, 0.4) is 0 Å². The quantitative estimate of drug-likeness (QED) is 0.838. The minimum Gasteiger partial charge on any atom is -0.507 e. The van der Waals surface area contributed by atoms with Crippen LogP contribution in [0.5, 0.6) is 5.75 Å². The normalized spacial score (nSPS) is 14.1. The Morgan fingerprint density at radius 1 is 1.10 bits per heavy atom. The summed E-state index contributed by atoms with van der Waals surface area (Å²) >= 11 is 0. The zero-order valence-corrected chi connectivity index (χ0v) is 11.0. The minimum atomic E-state index is -1.39. The van der Waals surface area contributed by atoms with Crippen LogP contribution in [0.1, 0.15) is 18.1 Å². The number of carboxylic acids is 1. The maximum atomic E-state index is 11.6. The topological polar surface area (TPSA) is 69.9 Å². The first-order valence-electron chi connectivity index (χ1n) is 6.16. The molecule has 0 aliphatic rings. The summed E-state index contributed by atoms with van der Waals surface area (Å²) in [6, 6.07) is 15.4. The molecule has 0 spiro atoms. The van der Waals surface area contributed by atoms with Crippen LogP contribution in [0.15, 0.2) is 59.6 Å². The fraction of sp³-hybridized carbons (Fsp3) is 0.125. The summed E-state index contributed by atoms with van der Waals surface area (Å²) < 4.78 is 0. The number of benzene rings is 2. The molecular weight excluding hydrogens is 254 g/mol. The van der Waals surface area contributed by atoms with Crippen molar-refractivity contribution >= 4 is 12.2 Å². The molecule has 20 heavy (non-hydrogen) atoms. The molecular formula is C16H15NO3. The number of phenols is 1. The van der Waals surface area contributed by atoms with E-state index in [1.54, 1.807) is 42.5 Å². The van der Waals surface area contributed by atoms with Gasteiger partial charge in [-0.2, -0.15) is 0 Å². The Labute approximate surface area is 117 Å². The van der Waals surface area contributed by atoms with Gasteiger partial charge in [0, 0.05) is 11.8 Å². The second-order valence-corrected chi connectivity index (χ2v) is 4.56. The van der Waals surface area contributed by atoms with Gasteiger partial charge in [0.05, 0.1) is 0 Å². The molecule has 4 heteroatoms. The van der Waals surface area contributed by atoms with Gasteiger partial charge in [-0.25, -0.2) is 4.79 Å². The van der Waals surface area contributed by atoms with Gasteiger partial charge in [-0.1, -0.05) is 42.5 Å². The molecule has 0 aliphatic carbocycles. The third-order valence-electron chi connectivity index (χ3n) is 3.15. The molecule has 0 unspecified atom stereocenters. The molecule has 2 aromatic carbocycles. The van der Waals surface area contributed by atoms with Crippen LogP contribution in [0.25, 0.3) is 0 Å². The van der Waals surface area contributed by atoms with Crippen molar-refractivity contribution in [3.8, 4) is 5.75 Å². The van der Waals surface area contributed by atoms with Crippen molar-refractivity contribution in [3.63, 3.8) is 0 Å². The first kappa shape index (κ1) is 13.8. The zero-order chi connectivity index (χ0) is 14.6. The van der Waals surface area contributed by atoms with Crippen LogP contribution in [-0.4, -0.2) is 22.4 Å². The van der Waals surface area contributed by atoms with Crippen molar-refractivity contribution in [2.24, 2.45) is 4.99 Å². The van der Waals surface area contributed by atoms with Crippen LogP contribution in [-0.2, 0) is 10.3 Å². The fourth-order valence-electron chi connectivity index (χ4n) is 1.81. The first-order valence-corrected chi connectivity index (χ1v) is 6.16. The number of carboxylic acid groups (broad SMARTS) is 1. The maximum absolute atomic E-state index is 11.6. The van der Waals surface area contributed by atoms with Crippen molar-refractivity contribution < 1.29 is 15.0 Å². The van der Waals surface area contributed by atoms with E-state index in [2.05, 4.69) is 4.99 Å². The molecule has 102 valence electrons. The lowest BCUT2D eigenvalue weighted by Crippen LogP contribution is -2.30. The summed E-state index contributed by atoms with van der Waals surface area (Å²) in [7, 11) is 0. The van der Waals surface area contributed by atoms with Gasteiger partial charge in [-0.3, -0.25) is 4.99 Å². The number of hydrogen-bond acceptors (Lipinski definition) is 3. The van der Waals surface area contributed by atoms with Crippen molar-refractivity contribution in [2.75, 3.05) is 0 Å². The summed E-state index contributed by atoms with van der Waals surface area (Å²) in [5.74, 6) is -0.979. The highest BCUT2D eigenvalue weighted by Crippen LogP contribution is 2.26. The minimum absolute atomic E-state index is 0.0667. The van der Waals surface area contributed by atoms with Crippen LogP contribution in [0.4, 0.5) is 0 Å². The number of aliphatic carboxylic acids is 1. The number of para-hydroxylation sites is 1. The third-order valence-corrected chi connectivity index (χ3v) is 3.15. The highest BCUT2D eigenvalue weighted by molar-refractivity contribution is 5.88. The Balaban J connectivity index is 2.41. The van der Waals surface area contributed by atoms with E-state index in [0.29, 0.717) is 11.1 Å². The molecule has 0 aromatic heterocycles. The molecule has 2 rings (SSSR count). The second-order valence-electron chi connectivity index (χ2n) is 4.56. The van der Waals surface area contributed by atoms with E-state index in [-0.39, 0.29) is 5.75 Å². The molecule has 0 saturated heterocycles. The summed E-state index contributed by atoms with van der Waals surface area (Å²) in [6.45, 7) is 1.53. The van der Waals surface area contributed by atoms with Crippen LogP contribution in [0.2, 0.25) is 0 Å². The molecule has 0 radical (unpaired) electrons. The molecule has 0 aliphatic heterocycles. The predicted octanol–water partition coefficient (Wildman–Crippen LogP) is 2.81. The standard InChI is InChI=1S/C16H15NO3/c1-16(15(19)20,13-8-3-2-4-9-13)17-11-12-7-5-6-10-14(12)18/h2-11,18H,1H3,(H,19,20)/t16-/m1/s1. The first-order chi connectivity index (χ1) is 9.54. The van der Waals surface area contributed by atoms with Crippen LogP contribution >= 0.6 is 0 Å². The summed E-state index contributed by atoms with van der Waals surface area (Å²) in [4.78, 5) is 15.7. The second kappa shape index (κ2) is 5.57. The molecule has 0 heterocycles. The van der Waals surface area contributed by atoms with Crippen molar-refractivity contribution in [3.05, 3.63) is 65.7 Å². The maximum Gasteiger partial charge on any atom is 0.335 e. The van der Waals surface area contributed by atoms with Crippen molar-refractivity contribution in [1.29, 1.82) is 0 Å². The van der Waals surface area contributed by atoms with Gasteiger partial charge in [-0.05, 0) is 24.6 Å². The average molecular weight is 269 g/mol. The van der Waals surface area contributed by atoms with E-state index in [9.17, 15) is 15.0 Å². The van der Waals surface area contributed by atoms with Crippen molar-refractivity contribution in [2.45, 2.75) is 12.5 Å². The van der Waals surface area contributed by atoms with Crippen LogP contribution < -0.4 is 0 Å². The lowest BCUT2D eigenvalue weighted by atomic mass is 9.93. The van der Waals surface area contributed by atoms with E-state index in [1.165, 1.54) is 19.2 Å². The number of carbonyl (C=O) groups is 1. The van der Waals surface area contributed by atoms with Crippen molar-refractivity contribution in [1.82, 2.24) is 0 Å². The molecule has 2 aromatic rings. The van der Waals surface area contributed by atoms with Crippen LogP contribution in [0, 0.1) is 0 Å². The average Bonchev–Trinajstić information content (AvgIpc) is 2.47. The van der Waals surface area contributed by atoms with Gasteiger partial charge in [0.15, 0.2) is 5.54 Å². The molecule has 4 nitrogen and oxygen atoms in total. The Morgan fingerprint density at radius 2 is 1.70 bits per heavy atom. The largest absolute Gasteiger partial charge is 0.507 e. The molecule has 2 N–H and O–H groups in total. The third kappa shape index (κ3) is 2.69. The monoisotopic (exact) mass is 269 g/mol. The zero-order valence-electron chi connectivity index (χ0n) is 11.0. The predicted molar refractivity (Wildman–Crippen MR) is 77.1 cm³/mol. The smallest absolute Gasteiger partial charge is 0.335 e. The summed E-state index contributed by atoms with van der Waals surface area (Å²) in [5, 5.41) is 19.1. The SMILES string of the molecule is C[C@](N=Cc1ccccc1O)(C(=O)O)c1ccccc1. The fourth-order valence-corrected chi connectivity index (χ4v) is 1.81. The summed E-state index contributed by atoms with van der Waals surface area (Å²) in [6.07, 6.45) is 1.39. The number of phenolic OH excluding ortho intramolecular Hbond substituents is 1. The Morgan fingerprint density at radius 3 is 2.30 bits per heavy atom. The molecule has 0 amide bonds. The van der Waals surface area contributed by atoms with Gasteiger partial charge in [0.2, 0.25) is 0 Å². The van der Waals surface area contributed by atoms with E-state index < -0.39 is 11.5 Å².